The Hall–Kier alpha value is -0.960. The summed E-state index contributed by atoms with van der Waals surface area (Å²) in [6.07, 6.45) is -3.00. The van der Waals surface area contributed by atoms with Crippen molar-refractivity contribution in [2.45, 2.75) is 20.3 Å². The van der Waals surface area contributed by atoms with Gasteiger partial charge in [-0.25, -0.2) is 8.78 Å². The molecule has 0 aliphatic carbocycles. The number of benzene rings is 1. The van der Waals surface area contributed by atoms with E-state index < -0.39 is 12.2 Å². The van der Waals surface area contributed by atoms with Crippen molar-refractivity contribution < 1.29 is 13.6 Å². The molecule has 1 rings (SSSR count). The number of rotatable bonds is 2. The van der Waals surface area contributed by atoms with Crippen LogP contribution < -0.4 is 0 Å². The van der Waals surface area contributed by atoms with Gasteiger partial charge in [-0.05, 0) is 37.1 Å². The maximum atomic E-state index is 12.1. The minimum Gasteiger partial charge on any atom is -0.288 e. The summed E-state index contributed by atoms with van der Waals surface area (Å²) in [7, 11) is 0. The second kappa shape index (κ2) is 4.05. The highest BCUT2D eigenvalue weighted by Crippen LogP contribution is 2.23. The summed E-state index contributed by atoms with van der Waals surface area (Å²) in [5.41, 5.74) is 1.55. The SMILES string of the molecule is Cc1cc(Cl)c(C(=O)C(F)F)cc1C. The fraction of sp³-hybridized carbons (Fsp3) is 0.300. The van der Waals surface area contributed by atoms with Gasteiger partial charge in [0.2, 0.25) is 5.78 Å². The van der Waals surface area contributed by atoms with E-state index in [1.807, 2.05) is 0 Å². The largest absolute Gasteiger partial charge is 0.300 e. The Morgan fingerprint density at radius 1 is 1.29 bits per heavy atom. The van der Waals surface area contributed by atoms with Crippen LogP contribution in [0.3, 0.4) is 0 Å². The molecule has 0 radical (unpaired) electrons. The Kier molecular flexibility index (Phi) is 3.21. The quantitative estimate of drug-likeness (QED) is 0.696. The molecule has 0 atom stereocenters. The Morgan fingerprint density at radius 3 is 2.29 bits per heavy atom. The van der Waals surface area contributed by atoms with Crippen molar-refractivity contribution in [1.82, 2.24) is 0 Å². The van der Waals surface area contributed by atoms with Crippen molar-refractivity contribution in [3.05, 3.63) is 33.8 Å². The van der Waals surface area contributed by atoms with Crippen molar-refractivity contribution >= 4 is 17.4 Å². The van der Waals surface area contributed by atoms with Gasteiger partial charge >= 0.3 is 6.43 Å². The van der Waals surface area contributed by atoms with Crippen LogP contribution in [0.5, 0.6) is 0 Å². The molecule has 1 aromatic carbocycles. The summed E-state index contributed by atoms with van der Waals surface area (Å²) in [4.78, 5) is 11.0. The summed E-state index contributed by atoms with van der Waals surface area (Å²) in [5, 5.41) is 0.0819. The summed E-state index contributed by atoms with van der Waals surface area (Å²) in [5.74, 6) is -1.22. The minimum absolute atomic E-state index is 0.0819. The van der Waals surface area contributed by atoms with E-state index in [0.29, 0.717) is 0 Å². The number of ketones is 1. The van der Waals surface area contributed by atoms with E-state index in [-0.39, 0.29) is 10.6 Å². The van der Waals surface area contributed by atoms with Gasteiger partial charge in [0, 0.05) is 5.56 Å². The summed E-state index contributed by atoms with van der Waals surface area (Å²) >= 11 is 5.69. The molecule has 0 heterocycles. The van der Waals surface area contributed by atoms with E-state index in [1.54, 1.807) is 13.8 Å². The summed E-state index contributed by atoms with van der Waals surface area (Å²) < 4.78 is 24.2. The molecule has 0 unspecified atom stereocenters. The molecule has 0 bridgehead atoms. The molecule has 1 aromatic rings. The zero-order valence-electron chi connectivity index (χ0n) is 7.77. The molecule has 0 aromatic heterocycles. The van der Waals surface area contributed by atoms with Crippen LogP contribution in [0, 0.1) is 13.8 Å². The van der Waals surface area contributed by atoms with E-state index in [9.17, 15) is 13.6 Å². The van der Waals surface area contributed by atoms with Crippen molar-refractivity contribution in [1.29, 1.82) is 0 Å². The lowest BCUT2D eigenvalue weighted by atomic mass is 10.0. The molecule has 4 heteroatoms. The molecule has 14 heavy (non-hydrogen) atoms. The van der Waals surface area contributed by atoms with Crippen molar-refractivity contribution in [2.24, 2.45) is 0 Å². The summed E-state index contributed by atoms with van der Waals surface area (Å²) in [6, 6.07) is 2.92. The monoisotopic (exact) mass is 218 g/mol. The molecular formula is C10H9ClF2O. The van der Waals surface area contributed by atoms with Gasteiger partial charge in [-0.3, -0.25) is 4.79 Å². The molecule has 0 fully saturated rings. The van der Waals surface area contributed by atoms with Gasteiger partial charge in [0.15, 0.2) is 0 Å². The van der Waals surface area contributed by atoms with E-state index in [1.165, 1.54) is 12.1 Å². The second-order valence-corrected chi connectivity index (χ2v) is 3.49. The molecule has 1 nitrogen and oxygen atoms in total. The number of hydrogen-bond acceptors (Lipinski definition) is 1. The van der Waals surface area contributed by atoms with Crippen molar-refractivity contribution in [3.63, 3.8) is 0 Å². The van der Waals surface area contributed by atoms with Crippen LogP contribution >= 0.6 is 11.6 Å². The fourth-order valence-electron chi connectivity index (χ4n) is 1.09. The first-order valence-corrected chi connectivity index (χ1v) is 4.40. The molecule has 0 spiro atoms. The van der Waals surface area contributed by atoms with E-state index in [4.69, 9.17) is 11.6 Å². The number of halogens is 3. The number of aryl methyl sites for hydroxylation is 2. The fourth-order valence-corrected chi connectivity index (χ4v) is 1.40. The topological polar surface area (TPSA) is 17.1 Å². The maximum Gasteiger partial charge on any atom is 0.300 e. The third-order valence-electron chi connectivity index (χ3n) is 2.05. The standard InChI is InChI=1S/C10H9ClF2O/c1-5-3-7(9(14)10(12)13)8(11)4-6(5)2/h3-4,10H,1-2H3. The van der Waals surface area contributed by atoms with Crippen molar-refractivity contribution in [2.75, 3.05) is 0 Å². The van der Waals surface area contributed by atoms with Gasteiger partial charge in [-0.15, -0.1) is 0 Å². The van der Waals surface area contributed by atoms with Crippen LogP contribution in [-0.4, -0.2) is 12.2 Å². The van der Waals surface area contributed by atoms with E-state index in [2.05, 4.69) is 0 Å². The molecule has 0 saturated carbocycles. The van der Waals surface area contributed by atoms with Crippen LogP contribution in [0.25, 0.3) is 0 Å². The summed E-state index contributed by atoms with van der Waals surface area (Å²) in [6.45, 7) is 3.55. The molecule has 0 aliphatic rings. The Bertz CT molecular complexity index is 375. The minimum atomic E-state index is -3.00. The number of Topliss-reactive ketones (excluding diaryl/α,β-unsaturated/α-hetero) is 1. The van der Waals surface area contributed by atoms with Crippen molar-refractivity contribution in [3.8, 4) is 0 Å². The molecule has 0 amide bonds. The number of hydrogen-bond donors (Lipinski definition) is 0. The van der Waals surface area contributed by atoms with Gasteiger partial charge in [-0.1, -0.05) is 11.6 Å². The van der Waals surface area contributed by atoms with Crippen LogP contribution in [0.4, 0.5) is 8.78 Å². The highest BCUT2D eigenvalue weighted by Gasteiger charge is 2.20. The highest BCUT2D eigenvalue weighted by molar-refractivity contribution is 6.34. The number of carbonyl (C=O) groups is 1. The molecular weight excluding hydrogens is 210 g/mol. The normalized spacial score (nSPS) is 10.7. The smallest absolute Gasteiger partial charge is 0.288 e. The van der Waals surface area contributed by atoms with Crippen LogP contribution in [0.1, 0.15) is 21.5 Å². The van der Waals surface area contributed by atoms with Gasteiger partial charge in [-0.2, -0.15) is 0 Å². The van der Waals surface area contributed by atoms with Crippen LogP contribution in [0.2, 0.25) is 5.02 Å². The number of carbonyl (C=O) groups excluding carboxylic acids is 1. The zero-order valence-corrected chi connectivity index (χ0v) is 8.53. The van der Waals surface area contributed by atoms with Gasteiger partial charge in [0.1, 0.15) is 0 Å². The van der Waals surface area contributed by atoms with Gasteiger partial charge < -0.3 is 0 Å². The highest BCUT2D eigenvalue weighted by atomic mass is 35.5. The first-order valence-electron chi connectivity index (χ1n) is 4.02. The molecule has 76 valence electrons. The predicted octanol–water partition coefficient (Wildman–Crippen LogP) is 3.40. The van der Waals surface area contributed by atoms with Crippen LogP contribution in [-0.2, 0) is 0 Å². The lowest BCUT2D eigenvalue weighted by Gasteiger charge is -2.06. The first kappa shape index (κ1) is 11.1. The van der Waals surface area contributed by atoms with Gasteiger partial charge in [0.05, 0.1) is 5.02 Å². The molecule has 0 aliphatic heterocycles. The lowest BCUT2D eigenvalue weighted by Crippen LogP contribution is -2.11. The lowest BCUT2D eigenvalue weighted by molar-refractivity contribution is 0.0679. The first-order chi connectivity index (χ1) is 6.43. The Labute approximate surface area is 85.7 Å². The maximum absolute atomic E-state index is 12.1. The predicted molar refractivity (Wildman–Crippen MR) is 51.3 cm³/mol. The molecule has 0 saturated heterocycles. The third-order valence-corrected chi connectivity index (χ3v) is 2.36. The third kappa shape index (κ3) is 2.10. The Morgan fingerprint density at radius 2 is 1.79 bits per heavy atom. The zero-order chi connectivity index (χ0) is 10.9. The average molecular weight is 219 g/mol. The van der Waals surface area contributed by atoms with E-state index in [0.717, 1.165) is 11.1 Å². The second-order valence-electron chi connectivity index (χ2n) is 3.08. The average Bonchev–Trinajstić information content (AvgIpc) is 2.10. The van der Waals surface area contributed by atoms with Crippen LogP contribution in [0.15, 0.2) is 12.1 Å². The van der Waals surface area contributed by atoms with E-state index >= 15 is 0 Å². The molecule has 0 N–H and O–H groups in total. The number of alkyl halides is 2. The Balaban J connectivity index is 3.22. The van der Waals surface area contributed by atoms with Gasteiger partial charge in [0.25, 0.3) is 0 Å².